The maximum atomic E-state index is 13.8. The molecule has 0 unspecified atom stereocenters. The fourth-order valence-corrected chi connectivity index (χ4v) is 5.07. The van der Waals surface area contributed by atoms with Gasteiger partial charge in [-0.05, 0) is 75.8 Å². The zero-order chi connectivity index (χ0) is 23.2. The zero-order valence-electron chi connectivity index (χ0n) is 18.3. The number of alkyl halides is 3. The molecule has 2 atom stereocenters. The second kappa shape index (κ2) is 8.24. The largest absolute Gasteiger partial charge is 0.418 e. The van der Waals surface area contributed by atoms with Crippen LogP contribution in [0.4, 0.5) is 13.2 Å². The molecule has 0 amide bonds. The van der Waals surface area contributed by atoms with Crippen LogP contribution in [0, 0.1) is 13.8 Å². The minimum atomic E-state index is -4.45. The van der Waals surface area contributed by atoms with Gasteiger partial charge in [0.25, 0.3) is 0 Å². The van der Waals surface area contributed by atoms with Crippen molar-refractivity contribution in [3.63, 3.8) is 0 Å². The van der Waals surface area contributed by atoms with Gasteiger partial charge in [-0.3, -0.25) is 4.98 Å². The molecule has 32 heavy (non-hydrogen) atoms. The molecule has 0 bridgehead atoms. The van der Waals surface area contributed by atoms with E-state index in [0.717, 1.165) is 28.7 Å². The highest BCUT2D eigenvalue weighted by atomic mass is 32.1. The summed E-state index contributed by atoms with van der Waals surface area (Å²) in [6, 6.07) is 13.1. The van der Waals surface area contributed by atoms with Gasteiger partial charge >= 0.3 is 6.18 Å². The number of hydrogen-bond acceptors (Lipinski definition) is 2. The van der Waals surface area contributed by atoms with E-state index in [4.69, 9.17) is 12.2 Å². The van der Waals surface area contributed by atoms with E-state index in [2.05, 4.69) is 29.0 Å². The Bertz CT molecular complexity index is 1140. The second-order valence-electron chi connectivity index (χ2n) is 8.30. The summed E-state index contributed by atoms with van der Waals surface area (Å²) in [6.45, 7) is 7.81. The molecule has 8 heteroatoms. The fraction of sp³-hybridized carbons (Fsp3) is 0.333. The van der Waals surface area contributed by atoms with Crippen molar-refractivity contribution in [3.8, 4) is 5.69 Å². The number of rotatable bonds is 4. The summed E-state index contributed by atoms with van der Waals surface area (Å²) in [5, 5.41) is 4.00. The van der Waals surface area contributed by atoms with Crippen LogP contribution in [0.1, 0.15) is 54.1 Å². The van der Waals surface area contributed by atoms with Crippen LogP contribution in [-0.2, 0) is 6.18 Å². The minimum Gasteiger partial charge on any atom is -0.352 e. The van der Waals surface area contributed by atoms with Crippen molar-refractivity contribution >= 4 is 17.3 Å². The lowest BCUT2D eigenvalue weighted by molar-refractivity contribution is -0.137. The summed E-state index contributed by atoms with van der Waals surface area (Å²) in [5.74, 6) is 0. The predicted octanol–water partition coefficient (Wildman–Crippen LogP) is 5.89. The number of aryl methyl sites for hydroxylation is 1. The van der Waals surface area contributed by atoms with Crippen molar-refractivity contribution in [2.24, 2.45) is 0 Å². The van der Waals surface area contributed by atoms with Crippen LogP contribution in [0.2, 0.25) is 0 Å². The van der Waals surface area contributed by atoms with Gasteiger partial charge in [0.1, 0.15) is 0 Å². The topological polar surface area (TPSA) is 33.1 Å². The molecule has 1 saturated heterocycles. The van der Waals surface area contributed by atoms with E-state index in [1.165, 1.54) is 12.1 Å². The Kier molecular flexibility index (Phi) is 5.75. The number of pyridine rings is 1. The average Bonchev–Trinajstić information content (AvgIpc) is 3.23. The molecule has 1 aliphatic rings. The molecule has 0 radical (unpaired) electrons. The maximum absolute atomic E-state index is 13.8. The standard InChI is InChI=1S/C24H25F3N4S/c1-14(2)30-22(21(29-23(30)32)19-10-7-8-12-28-19)17-13-15(3)31(16(17)4)20-11-6-5-9-18(20)24(25,26)27/h5-14,21-22H,1-4H3,(H,29,32)/t21-,22-/m1/s1. The molecule has 4 nitrogen and oxygen atoms in total. The molecular weight excluding hydrogens is 433 g/mol. The van der Waals surface area contributed by atoms with Crippen LogP contribution in [0.5, 0.6) is 0 Å². The number of benzene rings is 1. The van der Waals surface area contributed by atoms with Crippen LogP contribution in [0.15, 0.2) is 54.7 Å². The van der Waals surface area contributed by atoms with E-state index in [1.807, 2.05) is 38.1 Å². The molecule has 0 aliphatic carbocycles. The van der Waals surface area contributed by atoms with Crippen LogP contribution < -0.4 is 5.32 Å². The maximum Gasteiger partial charge on any atom is 0.418 e. The Morgan fingerprint density at radius 2 is 1.75 bits per heavy atom. The summed E-state index contributed by atoms with van der Waals surface area (Å²) < 4.78 is 42.9. The lowest BCUT2D eigenvalue weighted by atomic mass is 9.96. The molecule has 168 valence electrons. The molecule has 1 aliphatic heterocycles. The van der Waals surface area contributed by atoms with E-state index in [-0.39, 0.29) is 23.8 Å². The average molecular weight is 459 g/mol. The number of nitrogens with zero attached hydrogens (tertiary/aromatic N) is 3. The van der Waals surface area contributed by atoms with Crippen LogP contribution in [0.3, 0.4) is 0 Å². The fourth-order valence-electron chi connectivity index (χ4n) is 4.62. The molecule has 1 fully saturated rings. The first kappa shape index (κ1) is 22.3. The summed E-state index contributed by atoms with van der Waals surface area (Å²) in [5.41, 5.74) is 2.72. The summed E-state index contributed by atoms with van der Waals surface area (Å²) >= 11 is 5.65. The van der Waals surface area contributed by atoms with Gasteiger partial charge in [-0.25, -0.2) is 0 Å². The number of para-hydroxylation sites is 1. The summed E-state index contributed by atoms with van der Waals surface area (Å²) in [6.07, 6.45) is -2.71. The van der Waals surface area contributed by atoms with E-state index in [0.29, 0.717) is 5.11 Å². The molecule has 2 aromatic heterocycles. The number of thiocarbonyl (C=S) groups is 1. The highest BCUT2D eigenvalue weighted by Gasteiger charge is 2.43. The van der Waals surface area contributed by atoms with Gasteiger partial charge in [-0.1, -0.05) is 18.2 Å². The van der Waals surface area contributed by atoms with Gasteiger partial charge in [0.2, 0.25) is 0 Å². The van der Waals surface area contributed by atoms with E-state index in [1.54, 1.807) is 16.8 Å². The first-order valence-electron chi connectivity index (χ1n) is 10.5. The molecule has 4 rings (SSSR count). The Labute approximate surface area is 191 Å². The van der Waals surface area contributed by atoms with Crippen molar-refractivity contribution < 1.29 is 13.2 Å². The van der Waals surface area contributed by atoms with E-state index in [9.17, 15) is 13.2 Å². The molecular formula is C24H25F3N4S. The molecule has 3 heterocycles. The van der Waals surface area contributed by atoms with E-state index >= 15 is 0 Å². The van der Waals surface area contributed by atoms with Gasteiger partial charge in [-0.15, -0.1) is 0 Å². The number of halogens is 3. The Hall–Kier alpha value is -2.87. The van der Waals surface area contributed by atoms with Gasteiger partial charge in [0.15, 0.2) is 5.11 Å². The van der Waals surface area contributed by atoms with Crippen molar-refractivity contribution in [2.75, 3.05) is 0 Å². The van der Waals surface area contributed by atoms with Gasteiger partial charge in [0, 0.05) is 23.6 Å². The molecule has 0 spiro atoms. The first-order chi connectivity index (χ1) is 15.1. The number of aromatic nitrogens is 2. The normalized spacial score (nSPS) is 19.0. The van der Waals surface area contributed by atoms with Crippen molar-refractivity contribution in [1.29, 1.82) is 0 Å². The predicted molar refractivity (Wildman–Crippen MR) is 123 cm³/mol. The Morgan fingerprint density at radius 3 is 2.38 bits per heavy atom. The Morgan fingerprint density at radius 1 is 1.06 bits per heavy atom. The highest BCUT2D eigenvalue weighted by molar-refractivity contribution is 7.80. The minimum absolute atomic E-state index is 0.0965. The highest BCUT2D eigenvalue weighted by Crippen LogP contribution is 2.43. The van der Waals surface area contributed by atoms with Crippen LogP contribution >= 0.6 is 12.2 Å². The van der Waals surface area contributed by atoms with E-state index < -0.39 is 11.7 Å². The van der Waals surface area contributed by atoms with Crippen molar-refractivity contribution in [1.82, 2.24) is 19.8 Å². The third-order valence-electron chi connectivity index (χ3n) is 5.93. The molecule has 3 aromatic rings. The smallest absolute Gasteiger partial charge is 0.352 e. The van der Waals surface area contributed by atoms with Crippen LogP contribution in [-0.4, -0.2) is 25.6 Å². The van der Waals surface area contributed by atoms with Crippen molar-refractivity contribution in [2.45, 2.75) is 52.0 Å². The van der Waals surface area contributed by atoms with Gasteiger partial charge < -0.3 is 14.8 Å². The first-order valence-corrected chi connectivity index (χ1v) is 10.9. The molecule has 1 aromatic carbocycles. The molecule has 0 saturated carbocycles. The van der Waals surface area contributed by atoms with Gasteiger partial charge in [0.05, 0.1) is 29.0 Å². The third-order valence-corrected chi connectivity index (χ3v) is 6.26. The summed E-state index contributed by atoms with van der Waals surface area (Å²) in [7, 11) is 0. The van der Waals surface area contributed by atoms with Crippen LogP contribution in [0.25, 0.3) is 5.69 Å². The quantitative estimate of drug-likeness (QED) is 0.495. The second-order valence-corrected chi connectivity index (χ2v) is 8.69. The molecule has 1 N–H and O–H groups in total. The summed E-state index contributed by atoms with van der Waals surface area (Å²) in [4.78, 5) is 6.63. The lowest BCUT2D eigenvalue weighted by Crippen LogP contribution is -2.35. The third kappa shape index (κ3) is 3.77. The number of nitrogens with one attached hydrogen (secondary N) is 1. The zero-order valence-corrected chi connectivity index (χ0v) is 19.1. The lowest BCUT2D eigenvalue weighted by Gasteiger charge is -2.31. The monoisotopic (exact) mass is 458 g/mol. The van der Waals surface area contributed by atoms with Crippen molar-refractivity contribution in [3.05, 3.63) is 82.9 Å². The SMILES string of the molecule is Cc1cc([C@@H]2[C@@H](c3ccccn3)NC(=S)N2C(C)C)c(C)n1-c1ccccc1C(F)(F)F. The Balaban J connectivity index is 1.89. The van der Waals surface area contributed by atoms with Gasteiger partial charge in [-0.2, -0.15) is 13.2 Å². The number of hydrogen-bond donors (Lipinski definition) is 1.